The third-order valence-electron chi connectivity index (χ3n) is 6.29. The second-order valence-corrected chi connectivity index (χ2v) is 8.18. The van der Waals surface area contributed by atoms with Crippen molar-refractivity contribution in [2.24, 2.45) is 5.92 Å². The van der Waals surface area contributed by atoms with Crippen LogP contribution in [0.3, 0.4) is 0 Å². The zero-order valence-electron chi connectivity index (χ0n) is 16.5. The molecule has 3 aliphatic heterocycles. The van der Waals surface area contributed by atoms with E-state index in [9.17, 15) is 4.79 Å². The zero-order chi connectivity index (χ0) is 18.6. The standard InChI is InChI=1S/C20H32N6O/c1-23-11-13-25(14-12-23)19(27)17-5-9-24(10-6-17)18-15-21-20(22-16-18)26-7-3-2-4-8-26/h15-17H,2-14H2,1H3. The van der Waals surface area contributed by atoms with Crippen LogP contribution in [0.25, 0.3) is 0 Å². The summed E-state index contributed by atoms with van der Waals surface area (Å²) in [6.45, 7) is 7.70. The van der Waals surface area contributed by atoms with Crippen LogP contribution in [0.2, 0.25) is 0 Å². The van der Waals surface area contributed by atoms with Gasteiger partial charge in [-0.3, -0.25) is 4.79 Å². The summed E-state index contributed by atoms with van der Waals surface area (Å²) in [4.78, 5) is 31.0. The fourth-order valence-electron chi connectivity index (χ4n) is 4.40. The monoisotopic (exact) mass is 372 g/mol. The van der Waals surface area contributed by atoms with Gasteiger partial charge in [0.25, 0.3) is 0 Å². The largest absolute Gasteiger partial charge is 0.369 e. The molecule has 27 heavy (non-hydrogen) atoms. The maximum absolute atomic E-state index is 12.8. The van der Waals surface area contributed by atoms with Gasteiger partial charge in [0.2, 0.25) is 11.9 Å². The summed E-state index contributed by atoms with van der Waals surface area (Å²) in [5.74, 6) is 1.40. The van der Waals surface area contributed by atoms with Crippen molar-refractivity contribution in [1.29, 1.82) is 0 Å². The van der Waals surface area contributed by atoms with E-state index in [1.54, 1.807) is 0 Å². The molecule has 0 aliphatic carbocycles. The van der Waals surface area contributed by atoms with Crippen molar-refractivity contribution in [1.82, 2.24) is 19.8 Å². The molecular formula is C20H32N6O. The number of aromatic nitrogens is 2. The second kappa shape index (κ2) is 8.42. The van der Waals surface area contributed by atoms with Crippen molar-refractivity contribution in [2.75, 3.05) is 69.2 Å². The van der Waals surface area contributed by atoms with E-state index < -0.39 is 0 Å². The lowest BCUT2D eigenvalue weighted by Gasteiger charge is -2.38. The van der Waals surface area contributed by atoms with E-state index in [1.807, 2.05) is 12.4 Å². The number of rotatable bonds is 3. The number of piperazine rings is 1. The molecule has 1 aromatic heterocycles. The Morgan fingerprint density at radius 3 is 2.11 bits per heavy atom. The van der Waals surface area contributed by atoms with Crippen LogP contribution in [0.4, 0.5) is 11.6 Å². The van der Waals surface area contributed by atoms with Crippen LogP contribution in [0.5, 0.6) is 0 Å². The first-order valence-electron chi connectivity index (χ1n) is 10.5. The van der Waals surface area contributed by atoms with Gasteiger partial charge in [-0.05, 0) is 39.2 Å². The van der Waals surface area contributed by atoms with Crippen LogP contribution in [0.15, 0.2) is 12.4 Å². The summed E-state index contributed by atoms with van der Waals surface area (Å²) in [6, 6.07) is 0. The molecule has 0 radical (unpaired) electrons. The molecule has 4 heterocycles. The first kappa shape index (κ1) is 18.5. The third kappa shape index (κ3) is 4.34. The predicted octanol–water partition coefficient (Wildman–Crippen LogP) is 1.46. The van der Waals surface area contributed by atoms with Crippen molar-refractivity contribution in [3.8, 4) is 0 Å². The quantitative estimate of drug-likeness (QED) is 0.801. The van der Waals surface area contributed by atoms with Gasteiger partial charge in [-0.25, -0.2) is 9.97 Å². The Balaban J connectivity index is 1.29. The first-order chi connectivity index (χ1) is 13.2. The number of nitrogens with zero attached hydrogens (tertiary/aromatic N) is 6. The average molecular weight is 373 g/mol. The van der Waals surface area contributed by atoms with Crippen LogP contribution in [-0.2, 0) is 4.79 Å². The minimum absolute atomic E-state index is 0.179. The molecule has 0 spiro atoms. The van der Waals surface area contributed by atoms with Crippen LogP contribution in [0, 0.1) is 5.92 Å². The molecule has 0 atom stereocenters. The van der Waals surface area contributed by atoms with Crippen molar-refractivity contribution < 1.29 is 4.79 Å². The van der Waals surface area contributed by atoms with Gasteiger partial charge < -0.3 is 19.6 Å². The molecule has 7 heteroatoms. The van der Waals surface area contributed by atoms with Crippen molar-refractivity contribution in [3.63, 3.8) is 0 Å². The maximum atomic E-state index is 12.8. The molecule has 1 amide bonds. The molecule has 4 rings (SSSR count). The minimum atomic E-state index is 0.179. The van der Waals surface area contributed by atoms with Crippen LogP contribution < -0.4 is 9.80 Å². The Morgan fingerprint density at radius 2 is 1.48 bits per heavy atom. The Labute approximate surface area is 162 Å². The van der Waals surface area contributed by atoms with E-state index in [2.05, 4.69) is 36.6 Å². The Morgan fingerprint density at radius 1 is 0.852 bits per heavy atom. The summed E-state index contributed by atoms with van der Waals surface area (Å²) >= 11 is 0. The number of carbonyl (C=O) groups is 1. The van der Waals surface area contributed by atoms with Gasteiger partial charge >= 0.3 is 0 Å². The number of carbonyl (C=O) groups excluding carboxylic acids is 1. The van der Waals surface area contributed by atoms with Gasteiger partial charge in [-0.15, -0.1) is 0 Å². The topological polar surface area (TPSA) is 55.8 Å². The second-order valence-electron chi connectivity index (χ2n) is 8.18. The summed E-state index contributed by atoms with van der Waals surface area (Å²) < 4.78 is 0. The average Bonchev–Trinajstić information content (AvgIpc) is 2.75. The summed E-state index contributed by atoms with van der Waals surface area (Å²) in [7, 11) is 2.12. The highest BCUT2D eigenvalue weighted by Gasteiger charge is 2.30. The highest BCUT2D eigenvalue weighted by molar-refractivity contribution is 5.79. The first-order valence-corrected chi connectivity index (χ1v) is 10.5. The molecule has 0 bridgehead atoms. The van der Waals surface area contributed by atoms with E-state index in [4.69, 9.17) is 0 Å². The van der Waals surface area contributed by atoms with Gasteiger partial charge in [-0.2, -0.15) is 0 Å². The molecule has 3 saturated heterocycles. The molecule has 0 N–H and O–H groups in total. The smallest absolute Gasteiger partial charge is 0.225 e. The minimum Gasteiger partial charge on any atom is -0.369 e. The van der Waals surface area contributed by atoms with Crippen molar-refractivity contribution in [2.45, 2.75) is 32.1 Å². The van der Waals surface area contributed by atoms with Crippen molar-refractivity contribution in [3.05, 3.63) is 12.4 Å². The highest BCUT2D eigenvalue weighted by atomic mass is 16.2. The Kier molecular flexibility index (Phi) is 5.76. The summed E-state index contributed by atoms with van der Waals surface area (Å²) in [6.07, 6.45) is 9.56. The molecule has 1 aromatic rings. The van der Waals surface area contributed by atoms with E-state index in [1.165, 1.54) is 19.3 Å². The number of amides is 1. The van der Waals surface area contributed by atoms with E-state index in [0.29, 0.717) is 5.91 Å². The Bertz CT molecular complexity index is 614. The molecule has 3 aliphatic rings. The molecular weight excluding hydrogens is 340 g/mol. The molecule has 0 aromatic carbocycles. The molecule has 7 nitrogen and oxygen atoms in total. The van der Waals surface area contributed by atoms with Gasteiger partial charge in [0.1, 0.15) is 0 Å². The predicted molar refractivity (Wildman–Crippen MR) is 107 cm³/mol. The van der Waals surface area contributed by atoms with Gasteiger partial charge in [0.15, 0.2) is 0 Å². The normalized spacial score (nSPS) is 22.9. The van der Waals surface area contributed by atoms with Crippen LogP contribution in [-0.4, -0.2) is 85.1 Å². The Hall–Kier alpha value is -1.89. The number of hydrogen-bond donors (Lipinski definition) is 0. The summed E-state index contributed by atoms with van der Waals surface area (Å²) in [5, 5.41) is 0. The van der Waals surface area contributed by atoms with Gasteiger partial charge in [0.05, 0.1) is 18.1 Å². The van der Waals surface area contributed by atoms with Crippen molar-refractivity contribution >= 4 is 17.5 Å². The SMILES string of the molecule is CN1CCN(C(=O)C2CCN(c3cnc(N4CCCCC4)nc3)CC2)CC1. The lowest BCUT2D eigenvalue weighted by atomic mass is 9.95. The molecule has 0 unspecified atom stereocenters. The van der Waals surface area contributed by atoms with Crippen LogP contribution in [0.1, 0.15) is 32.1 Å². The van der Waals surface area contributed by atoms with Gasteiger partial charge in [-0.1, -0.05) is 0 Å². The number of anilines is 2. The molecule has 3 fully saturated rings. The maximum Gasteiger partial charge on any atom is 0.225 e. The number of piperidine rings is 2. The highest BCUT2D eigenvalue weighted by Crippen LogP contribution is 2.25. The number of hydrogen-bond acceptors (Lipinski definition) is 6. The molecule has 148 valence electrons. The van der Waals surface area contributed by atoms with E-state index >= 15 is 0 Å². The zero-order valence-corrected chi connectivity index (χ0v) is 16.5. The summed E-state index contributed by atoms with van der Waals surface area (Å²) in [5.41, 5.74) is 1.08. The third-order valence-corrected chi connectivity index (χ3v) is 6.29. The lowest BCUT2D eigenvalue weighted by molar-refractivity contribution is -0.137. The van der Waals surface area contributed by atoms with Crippen LogP contribution >= 0.6 is 0 Å². The fourth-order valence-corrected chi connectivity index (χ4v) is 4.40. The van der Waals surface area contributed by atoms with E-state index in [-0.39, 0.29) is 5.92 Å². The lowest BCUT2D eigenvalue weighted by Crippen LogP contribution is -2.50. The fraction of sp³-hybridized carbons (Fsp3) is 0.750. The van der Waals surface area contributed by atoms with E-state index in [0.717, 1.165) is 76.8 Å². The molecule has 0 saturated carbocycles. The number of likely N-dealkylation sites (N-methyl/N-ethyl adjacent to an activating group) is 1. The van der Waals surface area contributed by atoms with Gasteiger partial charge in [0, 0.05) is 58.3 Å².